The standard InChI is InChI=1S/C21H21NO9/c23-14(10-4-2-1-3-5-10)13-7-6-12-11(8-9-22(12)13)20(29)31-21-17(26)15(24)16(25)18(30-21)19(27)28/h1-7,11,15-18,21,24-26H,8-9H2,(H,27,28)/t11-,15-,16-,17+,18-,21-/m1/s1. The smallest absolute Gasteiger partial charge is 0.335 e. The van der Waals surface area contributed by atoms with Crippen LogP contribution in [0, 0.1) is 0 Å². The van der Waals surface area contributed by atoms with Gasteiger partial charge in [-0.25, -0.2) is 4.79 Å². The third-order valence-electron chi connectivity index (χ3n) is 5.61. The molecule has 1 fully saturated rings. The predicted octanol–water partition coefficient (Wildman–Crippen LogP) is -0.358. The summed E-state index contributed by atoms with van der Waals surface area (Å²) in [7, 11) is 0. The van der Waals surface area contributed by atoms with Gasteiger partial charge in [0.1, 0.15) is 18.3 Å². The second-order valence-corrected chi connectivity index (χ2v) is 7.50. The van der Waals surface area contributed by atoms with Crippen LogP contribution >= 0.6 is 0 Å². The highest BCUT2D eigenvalue weighted by molar-refractivity contribution is 6.08. The van der Waals surface area contributed by atoms with Crippen molar-refractivity contribution in [3.8, 4) is 0 Å². The number of fused-ring (bicyclic) bond motifs is 1. The van der Waals surface area contributed by atoms with E-state index in [2.05, 4.69) is 0 Å². The highest BCUT2D eigenvalue weighted by atomic mass is 16.7. The van der Waals surface area contributed by atoms with E-state index >= 15 is 0 Å². The highest BCUT2D eigenvalue weighted by Crippen LogP contribution is 2.33. The summed E-state index contributed by atoms with van der Waals surface area (Å²) in [6.07, 6.45) is -8.86. The van der Waals surface area contributed by atoms with Gasteiger partial charge in [-0.3, -0.25) is 9.59 Å². The maximum atomic E-state index is 12.8. The van der Waals surface area contributed by atoms with Gasteiger partial charge in [0, 0.05) is 17.8 Å². The van der Waals surface area contributed by atoms with Crippen molar-refractivity contribution in [3.05, 3.63) is 59.4 Å². The van der Waals surface area contributed by atoms with Gasteiger partial charge in [0.15, 0.2) is 6.10 Å². The van der Waals surface area contributed by atoms with Gasteiger partial charge in [0.25, 0.3) is 0 Å². The van der Waals surface area contributed by atoms with E-state index in [1.165, 1.54) is 0 Å². The van der Waals surface area contributed by atoms with E-state index in [-0.39, 0.29) is 5.78 Å². The van der Waals surface area contributed by atoms with Crippen molar-refractivity contribution in [2.45, 2.75) is 49.6 Å². The van der Waals surface area contributed by atoms with Gasteiger partial charge < -0.3 is 34.5 Å². The molecule has 2 aliphatic heterocycles. The molecule has 0 bridgehead atoms. The summed E-state index contributed by atoms with van der Waals surface area (Å²) >= 11 is 0. The van der Waals surface area contributed by atoms with Crippen LogP contribution in [0.3, 0.4) is 0 Å². The number of carbonyl (C=O) groups is 3. The van der Waals surface area contributed by atoms with Gasteiger partial charge in [-0.05, 0) is 18.6 Å². The number of carboxylic acid groups (broad SMARTS) is 1. The van der Waals surface area contributed by atoms with E-state index in [9.17, 15) is 29.7 Å². The molecule has 0 unspecified atom stereocenters. The molecule has 1 aromatic carbocycles. The minimum Gasteiger partial charge on any atom is -0.479 e. The molecule has 31 heavy (non-hydrogen) atoms. The normalized spacial score (nSPS) is 29.9. The molecule has 2 aromatic rings. The molecular weight excluding hydrogens is 410 g/mol. The van der Waals surface area contributed by atoms with E-state index < -0.39 is 48.6 Å². The maximum Gasteiger partial charge on any atom is 0.335 e. The molecule has 10 heteroatoms. The first-order chi connectivity index (χ1) is 14.8. The zero-order chi connectivity index (χ0) is 22.3. The number of aliphatic carboxylic acids is 1. The average molecular weight is 431 g/mol. The number of ketones is 1. The van der Waals surface area contributed by atoms with Gasteiger partial charge in [-0.2, -0.15) is 0 Å². The second kappa shape index (κ2) is 8.23. The van der Waals surface area contributed by atoms with Gasteiger partial charge in [0.05, 0.1) is 11.6 Å². The van der Waals surface area contributed by atoms with Crippen molar-refractivity contribution < 1.29 is 44.3 Å². The lowest BCUT2D eigenvalue weighted by atomic mass is 9.99. The van der Waals surface area contributed by atoms with Crippen molar-refractivity contribution in [3.63, 3.8) is 0 Å². The summed E-state index contributed by atoms with van der Waals surface area (Å²) in [6.45, 7) is 0.392. The molecule has 0 spiro atoms. The lowest BCUT2D eigenvalue weighted by molar-refractivity contribution is -0.286. The number of aliphatic hydroxyl groups excluding tert-OH is 3. The van der Waals surface area contributed by atoms with Crippen LogP contribution in [0.1, 0.15) is 34.1 Å². The van der Waals surface area contributed by atoms with Crippen LogP contribution in [-0.4, -0.2) is 73.4 Å². The number of benzene rings is 1. The largest absolute Gasteiger partial charge is 0.479 e. The lowest BCUT2D eigenvalue weighted by Crippen LogP contribution is -2.60. The van der Waals surface area contributed by atoms with Gasteiger partial charge >= 0.3 is 11.9 Å². The third-order valence-corrected chi connectivity index (χ3v) is 5.61. The third kappa shape index (κ3) is 3.74. The summed E-state index contributed by atoms with van der Waals surface area (Å²) in [4.78, 5) is 36.7. The average Bonchev–Trinajstić information content (AvgIpc) is 3.36. The van der Waals surface area contributed by atoms with Crippen LogP contribution in [0.5, 0.6) is 0 Å². The number of esters is 1. The minimum absolute atomic E-state index is 0.187. The summed E-state index contributed by atoms with van der Waals surface area (Å²) < 4.78 is 11.9. The number of carbonyl (C=O) groups excluding carboxylic acids is 2. The highest BCUT2D eigenvalue weighted by Gasteiger charge is 2.49. The van der Waals surface area contributed by atoms with E-state index in [4.69, 9.17) is 14.6 Å². The molecule has 1 aromatic heterocycles. The summed E-state index contributed by atoms with van der Waals surface area (Å²) in [5.41, 5.74) is 1.49. The molecule has 6 atom stereocenters. The predicted molar refractivity (Wildman–Crippen MR) is 102 cm³/mol. The van der Waals surface area contributed by atoms with Crippen LogP contribution in [0.4, 0.5) is 0 Å². The quantitative estimate of drug-likeness (QED) is 0.367. The SMILES string of the molecule is O=C(c1ccccc1)c1ccc2n1CC[C@H]2C(=O)O[C@H]1O[C@@H](C(=O)O)[C@H](O)[C@@H](O)[C@@H]1O. The van der Waals surface area contributed by atoms with Crippen LogP contribution in [0.15, 0.2) is 42.5 Å². The molecule has 0 radical (unpaired) electrons. The Balaban J connectivity index is 1.50. The van der Waals surface area contributed by atoms with E-state index in [0.29, 0.717) is 29.9 Å². The summed E-state index contributed by atoms with van der Waals surface area (Å²) in [5, 5.41) is 38.7. The number of ether oxygens (including phenoxy) is 2. The number of carboxylic acids is 1. The van der Waals surface area contributed by atoms with Gasteiger partial charge in [-0.15, -0.1) is 0 Å². The molecule has 1 saturated heterocycles. The molecular formula is C21H21NO9. The summed E-state index contributed by atoms with van der Waals surface area (Å²) in [6, 6.07) is 12.0. The maximum absolute atomic E-state index is 12.8. The second-order valence-electron chi connectivity index (χ2n) is 7.50. The number of aliphatic hydroxyl groups is 3. The Labute approximate surface area is 176 Å². The van der Waals surface area contributed by atoms with Gasteiger partial charge in [-0.1, -0.05) is 30.3 Å². The molecule has 3 heterocycles. The van der Waals surface area contributed by atoms with E-state index in [1.54, 1.807) is 47.0 Å². The number of hydrogen-bond acceptors (Lipinski definition) is 8. The summed E-state index contributed by atoms with van der Waals surface area (Å²) in [5.74, 6) is -3.32. The number of hydrogen-bond donors (Lipinski definition) is 4. The minimum atomic E-state index is -1.88. The first-order valence-corrected chi connectivity index (χ1v) is 9.71. The zero-order valence-corrected chi connectivity index (χ0v) is 16.2. The monoisotopic (exact) mass is 431 g/mol. The Kier molecular flexibility index (Phi) is 5.63. The van der Waals surface area contributed by atoms with Crippen LogP contribution in [-0.2, 0) is 25.6 Å². The molecule has 4 rings (SSSR count). The Hall–Kier alpha value is -3.05. The first kappa shape index (κ1) is 21.2. The Bertz CT molecular complexity index is 1000. The first-order valence-electron chi connectivity index (χ1n) is 9.71. The van der Waals surface area contributed by atoms with Crippen LogP contribution < -0.4 is 0 Å². The fourth-order valence-corrected chi connectivity index (χ4v) is 3.96. The molecule has 0 amide bonds. The Morgan fingerprint density at radius 1 is 0.968 bits per heavy atom. The van der Waals surface area contributed by atoms with Crippen molar-refractivity contribution in [2.75, 3.05) is 0 Å². The number of rotatable bonds is 5. The van der Waals surface area contributed by atoms with Crippen molar-refractivity contribution in [2.24, 2.45) is 0 Å². The van der Waals surface area contributed by atoms with E-state index in [1.807, 2.05) is 0 Å². The van der Waals surface area contributed by atoms with E-state index in [0.717, 1.165) is 0 Å². The zero-order valence-electron chi connectivity index (χ0n) is 16.2. The Morgan fingerprint density at radius 3 is 2.35 bits per heavy atom. The molecule has 164 valence electrons. The number of aromatic nitrogens is 1. The lowest BCUT2D eigenvalue weighted by Gasteiger charge is -2.38. The van der Waals surface area contributed by atoms with Crippen LogP contribution in [0.2, 0.25) is 0 Å². The molecule has 0 aliphatic carbocycles. The Morgan fingerprint density at radius 2 is 1.68 bits per heavy atom. The molecule has 10 nitrogen and oxygen atoms in total. The fourth-order valence-electron chi connectivity index (χ4n) is 3.96. The van der Waals surface area contributed by atoms with Crippen molar-refractivity contribution >= 4 is 17.7 Å². The van der Waals surface area contributed by atoms with Crippen molar-refractivity contribution in [1.82, 2.24) is 4.57 Å². The molecule has 4 N–H and O–H groups in total. The van der Waals surface area contributed by atoms with Gasteiger partial charge in [0.2, 0.25) is 12.1 Å². The number of nitrogens with zero attached hydrogens (tertiary/aromatic N) is 1. The molecule has 0 saturated carbocycles. The van der Waals surface area contributed by atoms with Crippen LogP contribution in [0.25, 0.3) is 0 Å². The van der Waals surface area contributed by atoms with Crippen molar-refractivity contribution in [1.29, 1.82) is 0 Å². The fraction of sp³-hybridized carbons (Fsp3) is 0.381. The molecule has 2 aliphatic rings. The topological polar surface area (TPSA) is 156 Å².